The number of hydrogen-bond acceptors (Lipinski definition) is 4. The number of benzene rings is 2. The fraction of sp³-hybridized carbons (Fsp3) is 0.440. The number of nitrogens with zero attached hydrogens (tertiary/aromatic N) is 1. The van der Waals surface area contributed by atoms with Gasteiger partial charge in [-0.15, -0.1) is 0 Å². The van der Waals surface area contributed by atoms with Crippen LogP contribution in [0.3, 0.4) is 0 Å². The first-order chi connectivity index (χ1) is 15.3. The molecule has 2 aromatic rings. The lowest BCUT2D eigenvalue weighted by Gasteiger charge is -2.48. The molecule has 0 unspecified atom stereocenters. The summed E-state index contributed by atoms with van der Waals surface area (Å²) in [5.74, 6) is -0.741. The van der Waals surface area contributed by atoms with Gasteiger partial charge in [-0.25, -0.2) is 4.39 Å². The number of hydrogen-bond donors (Lipinski definition) is 3. The van der Waals surface area contributed by atoms with Gasteiger partial charge < -0.3 is 15.7 Å². The van der Waals surface area contributed by atoms with Crippen molar-refractivity contribution in [1.29, 1.82) is 0 Å². The number of rotatable bonds is 6. The molecule has 2 aliphatic rings. The Morgan fingerprint density at radius 3 is 2.47 bits per heavy atom. The number of nitrogens with one attached hydrogen (secondary N) is 2. The number of carbonyl (C=O) groups excluding carboxylic acids is 2. The van der Waals surface area contributed by atoms with Crippen molar-refractivity contribution >= 4 is 11.8 Å². The number of aryl methyl sites for hydroxylation is 1. The van der Waals surface area contributed by atoms with Crippen molar-refractivity contribution in [2.45, 2.75) is 50.3 Å². The summed E-state index contributed by atoms with van der Waals surface area (Å²) in [6.07, 6.45) is 3.01. The highest BCUT2D eigenvalue weighted by atomic mass is 19.1. The predicted octanol–water partition coefficient (Wildman–Crippen LogP) is 2.49. The second-order valence-corrected chi connectivity index (χ2v) is 9.04. The molecule has 32 heavy (non-hydrogen) atoms. The van der Waals surface area contributed by atoms with Crippen LogP contribution in [-0.2, 0) is 10.4 Å². The SMILES string of the molecule is Cc1cccc(C(=O)NCC(=O)NC2CN([C@H]3CC[C@@](O)(c4ccc(F)cc4)CC3)C2)c1. The normalized spacial score (nSPS) is 23.9. The van der Waals surface area contributed by atoms with Gasteiger partial charge in [-0.1, -0.05) is 29.8 Å². The predicted molar refractivity (Wildman–Crippen MR) is 120 cm³/mol. The lowest BCUT2D eigenvalue weighted by atomic mass is 9.76. The first-order valence-corrected chi connectivity index (χ1v) is 11.2. The lowest BCUT2D eigenvalue weighted by molar-refractivity contribution is -0.122. The van der Waals surface area contributed by atoms with Gasteiger partial charge in [0, 0.05) is 24.7 Å². The van der Waals surface area contributed by atoms with E-state index in [2.05, 4.69) is 15.5 Å². The van der Waals surface area contributed by atoms with Crippen molar-refractivity contribution in [2.24, 2.45) is 0 Å². The fourth-order valence-corrected chi connectivity index (χ4v) is 4.72. The van der Waals surface area contributed by atoms with Gasteiger partial charge in [-0.3, -0.25) is 14.5 Å². The molecule has 1 saturated carbocycles. The van der Waals surface area contributed by atoms with Crippen molar-refractivity contribution in [3.05, 3.63) is 71.0 Å². The third-order valence-electron chi connectivity index (χ3n) is 6.64. The standard InChI is InChI=1S/C25H30FN3O3/c1-17-3-2-4-18(13-17)24(31)27-14-23(30)28-21-15-29(16-21)22-9-11-25(32,12-10-22)19-5-7-20(26)8-6-19/h2-8,13,21-22,32H,9-12,14-16H2,1H3,(H,27,31)(H,28,30)/t22-,25-. The molecule has 1 saturated heterocycles. The van der Waals surface area contributed by atoms with Crippen LogP contribution in [0.15, 0.2) is 48.5 Å². The number of aliphatic hydroxyl groups is 1. The van der Waals surface area contributed by atoms with E-state index in [1.165, 1.54) is 12.1 Å². The van der Waals surface area contributed by atoms with E-state index in [9.17, 15) is 19.1 Å². The molecule has 6 nitrogen and oxygen atoms in total. The largest absolute Gasteiger partial charge is 0.385 e. The van der Waals surface area contributed by atoms with Gasteiger partial charge in [0.2, 0.25) is 5.91 Å². The summed E-state index contributed by atoms with van der Waals surface area (Å²) in [7, 11) is 0. The molecule has 2 fully saturated rings. The van der Waals surface area contributed by atoms with Crippen LogP contribution in [0, 0.1) is 12.7 Å². The molecule has 1 aliphatic carbocycles. The molecule has 0 bridgehead atoms. The molecule has 0 atom stereocenters. The first kappa shape index (κ1) is 22.4. The third kappa shape index (κ3) is 5.16. The monoisotopic (exact) mass is 439 g/mol. The molecule has 2 aromatic carbocycles. The highest BCUT2D eigenvalue weighted by molar-refractivity contribution is 5.96. The van der Waals surface area contributed by atoms with Crippen molar-refractivity contribution in [3.63, 3.8) is 0 Å². The molecule has 170 valence electrons. The number of halogens is 1. The van der Waals surface area contributed by atoms with E-state index in [0.29, 0.717) is 24.4 Å². The molecule has 0 aromatic heterocycles. The van der Waals surface area contributed by atoms with E-state index >= 15 is 0 Å². The van der Waals surface area contributed by atoms with E-state index in [-0.39, 0.29) is 30.2 Å². The Morgan fingerprint density at radius 1 is 1.12 bits per heavy atom. The number of amides is 2. The van der Waals surface area contributed by atoms with Crippen molar-refractivity contribution < 1.29 is 19.1 Å². The minimum absolute atomic E-state index is 0.0442. The van der Waals surface area contributed by atoms with Crippen LogP contribution in [0.1, 0.15) is 47.2 Å². The van der Waals surface area contributed by atoms with Crippen molar-refractivity contribution in [1.82, 2.24) is 15.5 Å². The fourth-order valence-electron chi connectivity index (χ4n) is 4.72. The molecule has 1 heterocycles. The highest BCUT2D eigenvalue weighted by Crippen LogP contribution is 2.39. The molecule has 1 aliphatic heterocycles. The minimum Gasteiger partial charge on any atom is -0.385 e. The number of likely N-dealkylation sites (tertiary alicyclic amines) is 1. The first-order valence-electron chi connectivity index (χ1n) is 11.2. The zero-order valence-electron chi connectivity index (χ0n) is 18.3. The maximum absolute atomic E-state index is 13.2. The average molecular weight is 440 g/mol. The Morgan fingerprint density at radius 2 is 1.81 bits per heavy atom. The van der Waals surface area contributed by atoms with Gasteiger partial charge in [0.15, 0.2) is 0 Å². The van der Waals surface area contributed by atoms with Gasteiger partial charge >= 0.3 is 0 Å². The van der Waals surface area contributed by atoms with Gasteiger partial charge in [0.05, 0.1) is 18.2 Å². The second kappa shape index (κ2) is 9.38. The zero-order valence-corrected chi connectivity index (χ0v) is 18.3. The summed E-state index contributed by atoms with van der Waals surface area (Å²) < 4.78 is 13.2. The van der Waals surface area contributed by atoms with Crippen molar-refractivity contribution in [3.8, 4) is 0 Å². The number of carbonyl (C=O) groups is 2. The average Bonchev–Trinajstić information content (AvgIpc) is 2.75. The summed E-state index contributed by atoms with van der Waals surface area (Å²) in [4.78, 5) is 26.7. The molecular weight excluding hydrogens is 409 g/mol. The van der Waals surface area contributed by atoms with E-state index in [1.54, 1.807) is 24.3 Å². The van der Waals surface area contributed by atoms with Crippen LogP contribution in [0.4, 0.5) is 4.39 Å². The highest BCUT2D eigenvalue weighted by Gasteiger charge is 2.40. The van der Waals surface area contributed by atoms with Crippen LogP contribution in [0.5, 0.6) is 0 Å². The molecule has 7 heteroatoms. The Kier molecular flexibility index (Phi) is 6.58. The van der Waals surface area contributed by atoms with E-state index in [1.807, 2.05) is 19.1 Å². The Balaban J connectivity index is 1.17. The van der Waals surface area contributed by atoms with E-state index in [4.69, 9.17) is 0 Å². The molecule has 2 amide bonds. The van der Waals surface area contributed by atoms with Gasteiger partial charge in [-0.2, -0.15) is 0 Å². The van der Waals surface area contributed by atoms with Crippen LogP contribution in [0.25, 0.3) is 0 Å². The summed E-state index contributed by atoms with van der Waals surface area (Å²) in [5.41, 5.74) is 1.43. The molecule has 4 rings (SSSR count). The van der Waals surface area contributed by atoms with E-state index in [0.717, 1.165) is 37.1 Å². The minimum atomic E-state index is -0.891. The maximum atomic E-state index is 13.2. The van der Waals surface area contributed by atoms with Gasteiger partial charge in [0.25, 0.3) is 5.91 Å². The van der Waals surface area contributed by atoms with Gasteiger partial charge in [0.1, 0.15) is 5.82 Å². The summed E-state index contributed by atoms with van der Waals surface area (Å²) in [5, 5.41) is 16.6. The lowest BCUT2D eigenvalue weighted by Crippen LogP contribution is -2.63. The summed E-state index contributed by atoms with van der Waals surface area (Å²) in [6, 6.07) is 13.8. The topological polar surface area (TPSA) is 81.7 Å². The molecule has 0 spiro atoms. The van der Waals surface area contributed by atoms with Crippen LogP contribution >= 0.6 is 0 Å². The maximum Gasteiger partial charge on any atom is 0.251 e. The quantitative estimate of drug-likeness (QED) is 0.646. The van der Waals surface area contributed by atoms with E-state index < -0.39 is 5.60 Å². The summed E-state index contributed by atoms with van der Waals surface area (Å²) in [6.45, 7) is 3.42. The van der Waals surface area contributed by atoms with Crippen LogP contribution in [0.2, 0.25) is 0 Å². The smallest absolute Gasteiger partial charge is 0.251 e. The Hall–Kier alpha value is -2.77. The van der Waals surface area contributed by atoms with Crippen LogP contribution in [-0.4, -0.2) is 53.5 Å². The third-order valence-corrected chi connectivity index (χ3v) is 6.64. The molecule has 3 N–H and O–H groups in total. The Labute approximate surface area is 187 Å². The zero-order chi connectivity index (χ0) is 22.7. The Bertz CT molecular complexity index is 965. The second-order valence-electron chi connectivity index (χ2n) is 9.04. The van der Waals surface area contributed by atoms with Gasteiger partial charge in [-0.05, 0) is 62.4 Å². The van der Waals surface area contributed by atoms with Crippen LogP contribution < -0.4 is 10.6 Å². The van der Waals surface area contributed by atoms with Crippen molar-refractivity contribution in [2.75, 3.05) is 19.6 Å². The summed E-state index contributed by atoms with van der Waals surface area (Å²) >= 11 is 0. The molecular formula is C25H30FN3O3. The molecule has 0 radical (unpaired) electrons.